The molecule has 4 aliphatic carbocycles. The van der Waals surface area contributed by atoms with E-state index in [1.165, 1.54) is 38.5 Å². The van der Waals surface area contributed by atoms with Crippen molar-refractivity contribution in [2.75, 3.05) is 0 Å². The molecule has 0 radical (unpaired) electrons. The zero-order valence-corrected chi connectivity index (χ0v) is 14.1. The Labute approximate surface area is 134 Å². The molecular formula is C21H29F. The van der Waals surface area contributed by atoms with E-state index in [0.717, 1.165) is 12.3 Å². The fraction of sp³-hybridized carbons (Fsp3) is 0.810. The first-order valence-corrected chi connectivity index (χ1v) is 9.30. The Morgan fingerprint density at radius 3 is 2.82 bits per heavy atom. The molecule has 0 heterocycles. The Morgan fingerprint density at radius 2 is 2.05 bits per heavy atom. The van der Waals surface area contributed by atoms with Crippen molar-refractivity contribution >= 4 is 0 Å². The van der Waals surface area contributed by atoms with Gasteiger partial charge in [-0.15, -0.1) is 6.42 Å². The largest absolute Gasteiger partial charge is 0.246 e. The van der Waals surface area contributed by atoms with Crippen LogP contribution in [0.3, 0.4) is 0 Å². The smallest absolute Gasteiger partial charge is 0.115 e. The van der Waals surface area contributed by atoms with Gasteiger partial charge in [-0.25, -0.2) is 4.39 Å². The quantitative estimate of drug-likeness (QED) is 0.407. The van der Waals surface area contributed by atoms with Gasteiger partial charge in [0.1, 0.15) is 6.17 Å². The van der Waals surface area contributed by atoms with Gasteiger partial charge in [0.25, 0.3) is 0 Å². The average Bonchev–Trinajstić information content (AvgIpc) is 2.76. The maximum absolute atomic E-state index is 14.6. The van der Waals surface area contributed by atoms with E-state index in [2.05, 4.69) is 25.8 Å². The minimum atomic E-state index is -0.775. The third-order valence-corrected chi connectivity index (χ3v) is 8.19. The number of hydrogen-bond donors (Lipinski definition) is 0. The molecule has 0 aliphatic heterocycles. The number of alkyl halides is 1. The lowest BCUT2D eigenvalue weighted by Gasteiger charge is -2.57. The van der Waals surface area contributed by atoms with Crippen molar-refractivity contribution in [3.63, 3.8) is 0 Å². The molecule has 0 spiro atoms. The van der Waals surface area contributed by atoms with Crippen LogP contribution in [0.15, 0.2) is 11.6 Å². The van der Waals surface area contributed by atoms with E-state index < -0.39 is 6.17 Å². The van der Waals surface area contributed by atoms with Crippen molar-refractivity contribution in [1.29, 1.82) is 0 Å². The molecular weight excluding hydrogens is 271 g/mol. The zero-order valence-electron chi connectivity index (χ0n) is 14.1. The van der Waals surface area contributed by atoms with Crippen molar-refractivity contribution in [1.82, 2.24) is 0 Å². The molecule has 0 bridgehead atoms. The van der Waals surface area contributed by atoms with Crippen LogP contribution in [0.25, 0.3) is 0 Å². The van der Waals surface area contributed by atoms with Crippen LogP contribution >= 0.6 is 0 Å². The monoisotopic (exact) mass is 300 g/mol. The molecule has 0 aromatic heterocycles. The average molecular weight is 300 g/mol. The van der Waals surface area contributed by atoms with Crippen LogP contribution in [-0.4, -0.2) is 6.17 Å². The SMILES string of the molecule is C#C[C@@H]1[C@H](F)C[C@H]2[C@@H]3CC=C4CCCC[C@]4(C)[C@H]3CC[C@]12C. The van der Waals surface area contributed by atoms with Crippen LogP contribution in [0.1, 0.15) is 65.2 Å². The van der Waals surface area contributed by atoms with Crippen LogP contribution in [-0.2, 0) is 0 Å². The maximum atomic E-state index is 14.6. The van der Waals surface area contributed by atoms with E-state index in [9.17, 15) is 4.39 Å². The Balaban J connectivity index is 1.70. The number of allylic oxidation sites excluding steroid dienone is 2. The molecule has 1 heteroatoms. The van der Waals surface area contributed by atoms with Gasteiger partial charge in [0.05, 0.1) is 5.92 Å². The van der Waals surface area contributed by atoms with Gasteiger partial charge < -0.3 is 0 Å². The van der Waals surface area contributed by atoms with Crippen LogP contribution in [0, 0.1) is 46.8 Å². The number of rotatable bonds is 0. The minimum absolute atomic E-state index is 0.0473. The fourth-order valence-corrected chi connectivity index (χ4v) is 6.96. The summed E-state index contributed by atoms with van der Waals surface area (Å²) in [6.45, 7) is 4.80. The van der Waals surface area contributed by atoms with E-state index in [4.69, 9.17) is 6.42 Å². The highest BCUT2D eigenvalue weighted by Crippen LogP contribution is 2.66. The Morgan fingerprint density at radius 1 is 1.23 bits per heavy atom. The summed E-state index contributed by atoms with van der Waals surface area (Å²) in [5.74, 6) is 4.61. The summed E-state index contributed by atoms with van der Waals surface area (Å²) in [6, 6.07) is 0. The Bertz CT molecular complexity index is 541. The standard InChI is InChI=1S/C21H29F/c1-4-16-19(22)13-18-15-9-8-14-7-5-6-11-20(14,2)17(15)10-12-21(16,18)3/h1,8,15-19H,5-7,9-13H2,2-3H3/t15-,16-,17+,18+,19-,20+,21-/m1/s1. The highest BCUT2D eigenvalue weighted by atomic mass is 19.1. The predicted molar refractivity (Wildman–Crippen MR) is 88.9 cm³/mol. The van der Waals surface area contributed by atoms with Crippen LogP contribution < -0.4 is 0 Å². The molecule has 0 aromatic carbocycles. The first-order chi connectivity index (χ1) is 10.5. The molecule has 3 saturated carbocycles. The van der Waals surface area contributed by atoms with Gasteiger partial charge in [0, 0.05) is 0 Å². The Kier molecular flexibility index (Phi) is 3.27. The highest BCUT2D eigenvalue weighted by molar-refractivity contribution is 5.25. The second-order valence-electron chi connectivity index (χ2n) is 8.91. The lowest BCUT2D eigenvalue weighted by molar-refractivity contribution is -0.0338. The highest BCUT2D eigenvalue weighted by Gasteiger charge is 2.60. The van der Waals surface area contributed by atoms with Gasteiger partial charge >= 0.3 is 0 Å². The molecule has 0 N–H and O–H groups in total. The normalized spacial score (nSPS) is 53.7. The van der Waals surface area contributed by atoms with Crippen molar-refractivity contribution < 1.29 is 4.39 Å². The third kappa shape index (κ3) is 1.76. The van der Waals surface area contributed by atoms with Gasteiger partial charge in [0.15, 0.2) is 0 Å². The second-order valence-corrected chi connectivity index (χ2v) is 8.91. The molecule has 0 saturated heterocycles. The van der Waals surface area contributed by atoms with Crippen molar-refractivity contribution in [3.05, 3.63) is 11.6 Å². The summed E-state index contributed by atoms with van der Waals surface area (Å²) in [7, 11) is 0. The molecule has 7 atom stereocenters. The van der Waals surface area contributed by atoms with E-state index in [-0.39, 0.29) is 11.3 Å². The zero-order chi connectivity index (χ0) is 15.5. The van der Waals surface area contributed by atoms with E-state index >= 15 is 0 Å². The van der Waals surface area contributed by atoms with Gasteiger partial charge in [-0.1, -0.05) is 37.8 Å². The van der Waals surface area contributed by atoms with Crippen LogP contribution in [0.5, 0.6) is 0 Å². The van der Waals surface area contributed by atoms with Gasteiger partial charge in [-0.05, 0) is 73.5 Å². The molecule has 0 unspecified atom stereocenters. The van der Waals surface area contributed by atoms with Gasteiger partial charge in [0.2, 0.25) is 0 Å². The maximum Gasteiger partial charge on any atom is 0.115 e. The molecule has 4 aliphatic rings. The lowest BCUT2D eigenvalue weighted by atomic mass is 9.47. The first-order valence-electron chi connectivity index (χ1n) is 9.30. The predicted octanol–water partition coefficient (Wildman–Crippen LogP) is 5.54. The number of halogens is 1. The summed E-state index contributed by atoms with van der Waals surface area (Å²) in [5, 5.41) is 0. The summed E-state index contributed by atoms with van der Waals surface area (Å²) in [5.41, 5.74) is 2.18. The second kappa shape index (κ2) is 4.86. The topological polar surface area (TPSA) is 0 Å². The molecule has 22 heavy (non-hydrogen) atoms. The molecule has 0 nitrogen and oxygen atoms in total. The molecule has 120 valence electrons. The first kappa shape index (κ1) is 14.8. The number of hydrogen-bond acceptors (Lipinski definition) is 0. The molecule has 0 aromatic rings. The Hall–Kier alpha value is -0.770. The summed E-state index contributed by atoms with van der Waals surface area (Å²) < 4.78 is 14.6. The lowest BCUT2D eigenvalue weighted by Crippen LogP contribution is -2.49. The molecule has 3 fully saturated rings. The van der Waals surface area contributed by atoms with Crippen molar-refractivity contribution in [3.8, 4) is 12.3 Å². The van der Waals surface area contributed by atoms with Crippen molar-refractivity contribution in [2.45, 2.75) is 71.4 Å². The third-order valence-electron chi connectivity index (χ3n) is 8.19. The molecule has 4 rings (SSSR count). The van der Waals surface area contributed by atoms with Gasteiger partial charge in [-0.2, -0.15) is 0 Å². The van der Waals surface area contributed by atoms with E-state index in [1.807, 2.05) is 0 Å². The summed E-state index contributed by atoms with van der Waals surface area (Å²) in [4.78, 5) is 0. The van der Waals surface area contributed by atoms with E-state index in [0.29, 0.717) is 23.7 Å². The van der Waals surface area contributed by atoms with Crippen LogP contribution in [0.2, 0.25) is 0 Å². The van der Waals surface area contributed by atoms with Gasteiger partial charge in [-0.3, -0.25) is 0 Å². The van der Waals surface area contributed by atoms with E-state index in [1.54, 1.807) is 5.57 Å². The minimum Gasteiger partial charge on any atom is -0.246 e. The fourth-order valence-electron chi connectivity index (χ4n) is 6.96. The van der Waals surface area contributed by atoms with Crippen molar-refractivity contribution in [2.24, 2.45) is 34.5 Å². The summed E-state index contributed by atoms with van der Waals surface area (Å²) in [6.07, 6.45) is 17.2. The summed E-state index contributed by atoms with van der Waals surface area (Å²) >= 11 is 0. The number of terminal acetylenes is 1. The van der Waals surface area contributed by atoms with Crippen LogP contribution in [0.4, 0.5) is 4.39 Å². The molecule has 0 amide bonds. The number of fused-ring (bicyclic) bond motifs is 5.